The average molecular weight is 366 g/mol. The van der Waals surface area contributed by atoms with Crippen LogP contribution in [0.15, 0.2) is 40.9 Å². The zero-order chi connectivity index (χ0) is 15.6. The van der Waals surface area contributed by atoms with Crippen molar-refractivity contribution in [3.8, 4) is 0 Å². The zero-order valence-electron chi connectivity index (χ0n) is 10.4. The molecule has 0 aliphatic heterocycles. The number of anilines is 1. The van der Waals surface area contributed by atoms with E-state index in [2.05, 4.69) is 21.2 Å². The Kier molecular flexibility index (Phi) is 4.51. The van der Waals surface area contributed by atoms with E-state index in [1.165, 1.54) is 18.2 Å². The molecule has 0 spiro atoms. The van der Waals surface area contributed by atoms with Gasteiger partial charge in [0.05, 0.1) is 10.0 Å². The third kappa shape index (κ3) is 3.72. The van der Waals surface area contributed by atoms with Gasteiger partial charge in [-0.25, -0.2) is 8.78 Å². The maximum Gasteiger partial charge on any atom is 0.419 e. The molecule has 2 rings (SSSR count). The number of benzene rings is 2. The fourth-order valence-corrected chi connectivity index (χ4v) is 2.14. The molecule has 0 amide bonds. The molecule has 1 nitrogen and oxygen atoms in total. The van der Waals surface area contributed by atoms with E-state index in [1.54, 1.807) is 6.07 Å². The minimum Gasteiger partial charge on any atom is -0.381 e. The number of alkyl halides is 3. The van der Waals surface area contributed by atoms with Crippen LogP contribution in [-0.2, 0) is 12.7 Å². The van der Waals surface area contributed by atoms with Gasteiger partial charge in [-0.15, -0.1) is 0 Å². The van der Waals surface area contributed by atoms with Crippen molar-refractivity contribution in [3.05, 3.63) is 63.6 Å². The van der Waals surface area contributed by atoms with E-state index in [1.807, 2.05) is 0 Å². The summed E-state index contributed by atoms with van der Waals surface area (Å²) in [5.74, 6) is -1.80. The summed E-state index contributed by atoms with van der Waals surface area (Å²) in [5, 5.41) is 2.71. The highest BCUT2D eigenvalue weighted by atomic mass is 79.9. The standard InChI is InChI=1S/C14H9BrF5N/c15-13-8(2-1-3-12(13)17)7-21-9-4-5-11(16)10(6-9)14(18,19)20/h1-6,21H,7H2. The van der Waals surface area contributed by atoms with Crippen molar-refractivity contribution in [2.45, 2.75) is 12.7 Å². The molecule has 21 heavy (non-hydrogen) atoms. The van der Waals surface area contributed by atoms with E-state index in [0.717, 1.165) is 6.07 Å². The first kappa shape index (κ1) is 15.8. The lowest BCUT2D eigenvalue weighted by Crippen LogP contribution is -2.09. The Morgan fingerprint density at radius 2 is 1.71 bits per heavy atom. The van der Waals surface area contributed by atoms with Crippen molar-refractivity contribution in [1.82, 2.24) is 0 Å². The van der Waals surface area contributed by atoms with E-state index in [4.69, 9.17) is 0 Å². The van der Waals surface area contributed by atoms with Crippen molar-refractivity contribution in [1.29, 1.82) is 0 Å². The van der Waals surface area contributed by atoms with E-state index in [0.29, 0.717) is 11.6 Å². The summed E-state index contributed by atoms with van der Waals surface area (Å²) >= 11 is 3.06. The molecule has 0 atom stereocenters. The lowest BCUT2D eigenvalue weighted by molar-refractivity contribution is -0.139. The van der Waals surface area contributed by atoms with Crippen LogP contribution in [0.5, 0.6) is 0 Å². The van der Waals surface area contributed by atoms with Crippen molar-refractivity contribution >= 4 is 21.6 Å². The molecule has 1 N–H and O–H groups in total. The van der Waals surface area contributed by atoms with Gasteiger partial charge in [0.15, 0.2) is 0 Å². The fourth-order valence-electron chi connectivity index (χ4n) is 1.73. The monoisotopic (exact) mass is 365 g/mol. The summed E-state index contributed by atoms with van der Waals surface area (Å²) in [6.07, 6.45) is -4.76. The summed E-state index contributed by atoms with van der Waals surface area (Å²) in [4.78, 5) is 0. The number of nitrogens with one attached hydrogen (secondary N) is 1. The van der Waals surface area contributed by atoms with E-state index in [9.17, 15) is 22.0 Å². The normalized spacial score (nSPS) is 11.5. The lowest BCUT2D eigenvalue weighted by Gasteiger charge is -2.12. The van der Waals surface area contributed by atoms with Gasteiger partial charge in [-0.1, -0.05) is 12.1 Å². The SMILES string of the molecule is Fc1ccc(NCc2cccc(F)c2Br)cc1C(F)(F)F. The van der Waals surface area contributed by atoms with Crippen molar-refractivity contribution < 1.29 is 22.0 Å². The third-order valence-electron chi connectivity index (χ3n) is 2.79. The molecule has 112 valence electrons. The molecular formula is C14H9BrF5N. The third-order valence-corrected chi connectivity index (χ3v) is 3.67. The first-order valence-corrected chi connectivity index (χ1v) is 6.62. The molecule has 0 aromatic heterocycles. The number of halogens is 6. The van der Waals surface area contributed by atoms with Crippen molar-refractivity contribution in [2.75, 3.05) is 5.32 Å². The topological polar surface area (TPSA) is 12.0 Å². The summed E-state index contributed by atoms with van der Waals surface area (Å²) in [7, 11) is 0. The largest absolute Gasteiger partial charge is 0.419 e. The van der Waals surface area contributed by atoms with Gasteiger partial charge in [0, 0.05) is 12.2 Å². The minimum atomic E-state index is -4.76. The van der Waals surface area contributed by atoms with Crippen LogP contribution >= 0.6 is 15.9 Å². The Bertz CT molecular complexity index is 654. The molecule has 2 aromatic rings. The van der Waals surface area contributed by atoms with Crippen LogP contribution in [0.1, 0.15) is 11.1 Å². The van der Waals surface area contributed by atoms with Crippen LogP contribution < -0.4 is 5.32 Å². The molecule has 0 aliphatic carbocycles. The lowest BCUT2D eigenvalue weighted by atomic mass is 10.1. The molecule has 0 radical (unpaired) electrons. The molecule has 2 aromatic carbocycles. The zero-order valence-corrected chi connectivity index (χ0v) is 12.0. The minimum absolute atomic E-state index is 0.0971. The molecule has 0 saturated carbocycles. The molecule has 0 aliphatic rings. The van der Waals surface area contributed by atoms with Gasteiger partial charge in [-0.2, -0.15) is 13.2 Å². The summed E-state index contributed by atoms with van der Waals surface area (Å²) < 4.78 is 64.4. The highest BCUT2D eigenvalue weighted by molar-refractivity contribution is 9.10. The van der Waals surface area contributed by atoms with Crippen molar-refractivity contribution in [3.63, 3.8) is 0 Å². The van der Waals surface area contributed by atoms with Crippen LogP contribution in [0.4, 0.5) is 27.6 Å². The summed E-state index contributed by atoms with van der Waals surface area (Å²) in [6.45, 7) is 0.0985. The molecule has 0 fully saturated rings. The van der Waals surface area contributed by atoms with E-state index >= 15 is 0 Å². The molecule has 0 bridgehead atoms. The second kappa shape index (κ2) is 6.01. The van der Waals surface area contributed by atoms with Gasteiger partial charge in [-0.05, 0) is 45.8 Å². The average Bonchev–Trinajstić information content (AvgIpc) is 2.40. The maximum atomic E-state index is 13.3. The number of hydrogen-bond donors (Lipinski definition) is 1. The maximum absolute atomic E-state index is 13.3. The predicted molar refractivity (Wildman–Crippen MR) is 72.8 cm³/mol. The molecule has 0 unspecified atom stereocenters. The van der Waals surface area contributed by atoms with Gasteiger partial charge in [0.1, 0.15) is 11.6 Å². The fraction of sp³-hybridized carbons (Fsp3) is 0.143. The van der Waals surface area contributed by atoms with E-state index in [-0.39, 0.29) is 16.7 Å². The van der Waals surface area contributed by atoms with Gasteiger partial charge in [-0.3, -0.25) is 0 Å². The van der Waals surface area contributed by atoms with Gasteiger partial charge >= 0.3 is 6.18 Å². The van der Waals surface area contributed by atoms with Crippen LogP contribution in [0.25, 0.3) is 0 Å². The Morgan fingerprint density at radius 3 is 2.38 bits per heavy atom. The summed E-state index contributed by atoms with van der Waals surface area (Å²) in [5.41, 5.74) is -0.710. The second-order valence-electron chi connectivity index (χ2n) is 4.26. The second-order valence-corrected chi connectivity index (χ2v) is 5.05. The van der Waals surface area contributed by atoms with Gasteiger partial charge < -0.3 is 5.32 Å². The molecule has 7 heteroatoms. The van der Waals surface area contributed by atoms with Crippen LogP contribution in [0.2, 0.25) is 0 Å². The Balaban J connectivity index is 2.19. The summed E-state index contributed by atoms with van der Waals surface area (Å²) in [6, 6.07) is 6.98. The Labute approximate surface area is 125 Å². The van der Waals surface area contributed by atoms with Gasteiger partial charge in [0.2, 0.25) is 0 Å². The number of hydrogen-bond acceptors (Lipinski definition) is 1. The molecule has 0 heterocycles. The quantitative estimate of drug-likeness (QED) is 0.722. The predicted octanol–water partition coefficient (Wildman–Crippen LogP) is 5.36. The Morgan fingerprint density at radius 1 is 1.00 bits per heavy atom. The Hall–Kier alpha value is -1.63. The first-order valence-electron chi connectivity index (χ1n) is 5.82. The highest BCUT2D eigenvalue weighted by Crippen LogP contribution is 2.33. The van der Waals surface area contributed by atoms with E-state index < -0.39 is 23.4 Å². The first-order chi connectivity index (χ1) is 9.79. The van der Waals surface area contributed by atoms with Crippen molar-refractivity contribution in [2.24, 2.45) is 0 Å². The van der Waals surface area contributed by atoms with Crippen LogP contribution in [0, 0.1) is 11.6 Å². The number of rotatable bonds is 3. The van der Waals surface area contributed by atoms with Crippen LogP contribution in [-0.4, -0.2) is 0 Å². The highest BCUT2D eigenvalue weighted by Gasteiger charge is 2.34. The van der Waals surface area contributed by atoms with Crippen LogP contribution in [0.3, 0.4) is 0 Å². The molecule has 0 saturated heterocycles. The van der Waals surface area contributed by atoms with Gasteiger partial charge in [0.25, 0.3) is 0 Å². The molecular weight excluding hydrogens is 357 g/mol. The smallest absolute Gasteiger partial charge is 0.381 e.